The van der Waals surface area contributed by atoms with Crippen LogP contribution in [-0.2, 0) is 12.7 Å². The highest BCUT2D eigenvalue weighted by Crippen LogP contribution is 2.40. The summed E-state index contributed by atoms with van der Waals surface area (Å²) in [6.45, 7) is 3.90. The molecule has 7 nitrogen and oxygen atoms in total. The fraction of sp³-hybridized carbons (Fsp3) is 0.500. The van der Waals surface area contributed by atoms with E-state index < -0.39 is 17.7 Å². The second kappa shape index (κ2) is 8.23. The van der Waals surface area contributed by atoms with Crippen molar-refractivity contribution >= 4 is 12.0 Å². The number of nitrogens with zero attached hydrogens (tertiary/aromatic N) is 4. The van der Waals surface area contributed by atoms with Crippen molar-refractivity contribution in [2.75, 3.05) is 19.6 Å². The lowest BCUT2D eigenvalue weighted by Crippen LogP contribution is -2.53. The normalized spacial score (nSPS) is 18.9. The van der Waals surface area contributed by atoms with E-state index in [1.54, 1.807) is 17.9 Å². The van der Waals surface area contributed by atoms with E-state index in [0.717, 1.165) is 24.1 Å². The number of alkyl halides is 3. The Morgan fingerprint density at radius 3 is 2.47 bits per heavy atom. The van der Waals surface area contributed by atoms with Crippen LogP contribution in [0.25, 0.3) is 0 Å². The summed E-state index contributed by atoms with van der Waals surface area (Å²) in [6.07, 6.45) is 0.300. The van der Waals surface area contributed by atoms with Gasteiger partial charge in [0, 0.05) is 31.4 Å². The van der Waals surface area contributed by atoms with E-state index in [1.165, 1.54) is 24.4 Å². The number of aromatic carboxylic acids is 1. The molecule has 2 saturated heterocycles. The van der Waals surface area contributed by atoms with Crippen molar-refractivity contribution in [2.45, 2.75) is 50.9 Å². The summed E-state index contributed by atoms with van der Waals surface area (Å²) < 4.78 is 40.7. The molecule has 2 aliphatic rings. The molecular formula is C22H25F3N4O3. The lowest BCUT2D eigenvalue weighted by atomic mass is 9.84. The Bertz CT molecular complexity index is 1030. The molecule has 10 heteroatoms. The lowest BCUT2D eigenvalue weighted by Gasteiger charge is -2.45. The zero-order chi connectivity index (χ0) is 23.1. The first-order chi connectivity index (χ1) is 15.1. The van der Waals surface area contributed by atoms with Crippen LogP contribution in [0.3, 0.4) is 0 Å². The second-order valence-electron chi connectivity index (χ2n) is 8.67. The first kappa shape index (κ1) is 22.3. The van der Waals surface area contributed by atoms with Crippen LogP contribution in [0.15, 0.2) is 30.5 Å². The molecule has 0 aliphatic carbocycles. The van der Waals surface area contributed by atoms with E-state index in [0.29, 0.717) is 43.6 Å². The van der Waals surface area contributed by atoms with Crippen molar-refractivity contribution in [1.29, 1.82) is 0 Å². The van der Waals surface area contributed by atoms with Gasteiger partial charge in [0.05, 0.1) is 5.56 Å². The summed E-state index contributed by atoms with van der Waals surface area (Å²) in [5.41, 5.74) is 0.277. The molecule has 2 aliphatic heterocycles. The molecule has 0 radical (unpaired) electrons. The van der Waals surface area contributed by atoms with Crippen LogP contribution in [0.4, 0.5) is 18.0 Å². The lowest BCUT2D eigenvalue weighted by molar-refractivity contribution is -0.137. The Morgan fingerprint density at radius 2 is 1.84 bits per heavy atom. The Hall–Kier alpha value is -2.88. The highest BCUT2D eigenvalue weighted by molar-refractivity contribution is 5.86. The van der Waals surface area contributed by atoms with E-state index in [2.05, 4.69) is 10.00 Å². The molecule has 1 aromatic heterocycles. The topological polar surface area (TPSA) is 78.7 Å². The van der Waals surface area contributed by atoms with Gasteiger partial charge in [0.15, 0.2) is 5.69 Å². The van der Waals surface area contributed by atoms with Crippen LogP contribution < -0.4 is 0 Å². The third-order valence-corrected chi connectivity index (χ3v) is 6.55. The van der Waals surface area contributed by atoms with Gasteiger partial charge >= 0.3 is 18.2 Å². The predicted octanol–water partition coefficient (Wildman–Crippen LogP) is 4.01. The number of carboxylic acid groups (broad SMARTS) is 1. The number of hydrogen-bond donors (Lipinski definition) is 1. The minimum Gasteiger partial charge on any atom is -0.476 e. The van der Waals surface area contributed by atoms with Gasteiger partial charge in [-0.1, -0.05) is 11.6 Å². The van der Waals surface area contributed by atoms with Crippen molar-refractivity contribution in [3.05, 3.63) is 52.8 Å². The van der Waals surface area contributed by atoms with Crippen molar-refractivity contribution < 1.29 is 27.9 Å². The molecule has 3 heterocycles. The van der Waals surface area contributed by atoms with Crippen LogP contribution in [0.1, 0.15) is 52.9 Å². The minimum absolute atomic E-state index is 0.144. The number of aryl methyl sites for hydroxylation is 1. The standard InChI is InChI=1S/C22H25F3N4O3/c1-15-11-16(13-17(12-15)22(23,24)25)14-28-7-2-4-21(28)5-9-27(10-6-21)20(32)29-8-3-18(26-29)19(30)31/h3,8,11-13H,2,4-7,9-10,14H2,1H3,(H,30,31). The second-order valence-corrected chi connectivity index (χ2v) is 8.67. The first-order valence-electron chi connectivity index (χ1n) is 10.6. The molecule has 0 unspecified atom stereocenters. The molecule has 0 atom stereocenters. The van der Waals surface area contributed by atoms with Gasteiger partial charge in [-0.25, -0.2) is 9.59 Å². The third-order valence-electron chi connectivity index (χ3n) is 6.55. The summed E-state index contributed by atoms with van der Waals surface area (Å²) in [5, 5.41) is 12.8. The molecule has 4 rings (SSSR count). The van der Waals surface area contributed by atoms with Gasteiger partial charge < -0.3 is 10.0 Å². The number of likely N-dealkylation sites (tertiary alicyclic amines) is 2. The van der Waals surface area contributed by atoms with Crippen LogP contribution in [-0.4, -0.2) is 61.9 Å². The van der Waals surface area contributed by atoms with Gasteiger partial charge in [-0.3, -0.25) is 4.90 Å². The van der Waals surface area contributed by atoms with Gasteiger partial charge in [-0.2, -0.15) is 23.0 Å². The number of aromatic nitrogens is 2. The number of halogens is 3. The average molecular weight is 450 g/mol. The van der Waals surface area contributed by atoms with Gasteiger partial charge in [0.25, 0.3) is 0 Å². The highest BCUT2D eigenvalue weighted by atomic mass is 19.4. The van der Waals surface area contributed by atoms with E-state index in [9.17, 15) is 22.8 Å². The average Bonchev–Trinajstić information content (AvgIpc) is 3.36. The van der Waals surface area contributed by atoms with E-state index in [-0.39, 0.29) is 17.3 Å². The largest absolute Gasteiger partial charge is 0.476 e. The number of rotatable bonds is 3. The minimum atomic E-state index is -4.37. The fourth-order valence-corrected chi connectivity index (χ4v) is 4.95. The fourth-order valence-electron chi connectivity index (χ4n) is 4.95. The number of carbonyl (C=O) groups is 2. The molecule has 0 saturated carbocycles. The van der Waals surface area contributed by atoms with Gasteiger partial charge in [0.1, 0.15) is 0 Å². The van der Waals surface area contributed by atoms with Gasteiger partial charge in [0.2, 0.25) is 0 Å². The smallest absolute Gasteiger partial charge is 0.416 e. The Kier molecular flexibility index (Phi) is 5.74. The van der Waals surface area contributed by atoms with Crippen LogP contribution in [0.2, 0.25) is 0 Å². The summed E-state index contributed by atoms with van der Waals surface area (Å²) in [5.74, 6) is -1.19. The van der Waals surface area contributed by atoms with Crippen molar-refractivity contribution in [3.8, 4) is 0 Å². The molecule has 1 amide bonds. The molecule has 1 aromatic carbocycles. The van der Waals surface area contributed by atoms with Crippen molar-refractivity contribution in [1.82, 2.24) is 19.6 Å². The maximum absolute atomic E-state index is 13.2. The molecule has 172 valence electrons. The zero-order valence-electron chi connectivity index (χ0n) is 17.7. The number of carbonyl (C=O) groups excluding carboxylic acids is 1. The molecule has 32 heavy (non-hydrogen) atoms. The molecule has 2 fully saturated rings. The summed E-state index contributed by atoms with van der Waals surface area (Å²) >= 11 is 0. The zero-order valence-corrected chi connectivity index (χ0v) is 17.7. The molecule has 0 bridgehead atoms. The number of hydrogen-bond acceptors (Lipinski definition) is 4. The number of benzene rings is 1. The van der Waals surface area contributed by atoms with Gasteiger partial charge in [-0.15, -0.1) is 0 Å². The van der Waals surface area contributed by atoms with Crippen LogP contribution >= 0.6 is 0 Å². The summed E-state index contributed by atoms with van der Waals surface area (Å²) in [7, 11) is 0. The molecule has 1 N–H and O–H groups in total. The molecular weight excluding hydrogens is 425 g/mol. The Labute approximate surface area is 183 Å². The monoisotopic (exact) mass is 450 g/mol. The highest BCUT2D eigenvalue weighted by Gasteiger charge is 2.44. The van der Waals surface area contributed by atoms with Crippen molar-refractivity contribution in [2.24, 2.45) is 0 Å². The number of piperidine rings is 1. The van der Waals surface area contributed by atoms with Gasteiger partial charge in [-0.05, 0) is 62.9 Å². The van der Waals surface area contributed by atoms with Crippen molar-refractivity contribution in [3.63, 3.8) is 0 Å². The number of carboxylic acids is 1. The van der Waals surface area contributed by atoms with E-state index >= 15 is 0 Å². The van der Waals surface area contributed by atoms with Crippen LogP contribution in [0, 0.1) is 6.92 Å². The maximum atomic E-state index is 13.2. The SMILES string of the molecule is Cc1cc(CN2CCCC23CCN(C(=O)n2ccc(C(=O)O)n2)CC3)cc(C(F)(F)F)c1. The predicted molar refractivity (Wildman–Crippen MR) is 109 cm³/mol. The van der Waals surface area contributed by atoms with Crippen LogP contribution in [0.5, 0.6) is 0 Å². The first-order valence-corrected chi connectivity index (χ1v) is 10.6. The van der Waals surface area contributed by atoms with E-state index in [1.807, 2.05) is 0 Å². The summed E-state index contributed by atoms with van der Waals surface area (Å²) in [6, 6.07) is 5.11. The Balaban J connectivity index is 1.44. The number of amides is 1. The maximum Gasteiger partial charge on any atom is 0.416 e. The Morgan fingerprint density at radius 1 is 1.12 bits per heavy atom. The van der Waals surface area contributed by atoms with E-state index in [4.69, 9.17) is 5.11 Å². The third kappa shape index (κ3) is 4.36. The molecule has 1 spiro atoms. The summed E-state index contributed by atoms with van der Waals surface area (Å²) in [4.78, 5) is 27.6. The quantitative estimate of drug-likeness (QED) is 0.765. The molecule has 2 aromatic rings.